The van der Waals surface area contributed by atoms with Crippen molar-refractivity contribution in [3.63, 3.8) is 0 Å². The van der Waals surface area contributed by atoms with Crippen molar-refractivity contribution < 1.29 is 4.79 Å². The number of aromatic nitrogens is 2. The summed E-state index contributed by atoms with van der Waals surface area (Å²) in [7, 11) is 0. The van der Waals surface area contributed by atoms with Gasteiger partial charge in [0.25, 0.3) is 5.91 Å². The van der Waals surface area contributed by atoms with Crippen molar-refractivity contribution in [3.8, 4) is 0 Å². The van der Waals surface area contributed by atoms with Crippen molar-refractivity contribution in [2.24, 2.45) is 5.92 Å². The fraction of sp³-hybridized carbons (Fsp3) is 0.389. The average molecular weight is 325 g/mol. The smallest absolute Gasteiger partial charge is 0.278 e. The molecule has 6 heteroatoms. The molecule has 0 radical (unpaired) electrons. The molecule has 0 aliphatic carbocycles. The summed E-state index contributed by atoms with van der Waals surface area (Å²) < 4.78 is 0. The van der Waals surface area contributed by atoms with Gasteiger partial charge in [-0.2, -0.15) is 0 Å². The van der Waals surface area contributed by atoms with Gasteiger partial charge in [-0.05, 0) is 43.0 Å². The zero-order chi connectivity index (χ0) is 16.9. The second kappa shape index (κ2) is 7.40. The van der Waals surface area contributed by atoms with Gasteiger partial charge in [0.15, 0.2) is 11.5 Å². The van der Waals surface area contributed by atoms with E-state index in [9.17, 15) is 4.79 Å². The first kappa shape index (κ1) is 16.4. The van der Waals surface area contributed by atoms with Gasteiger partial charge in [-0.25, -0.2) is 9.97 Å². The molecule has 1 aromatic carbocycles. The SMILES string of the molecule is C[C@@H]1CCCN(Cc2ccc(NC(=O)c3nccnc3N)cc2)C1. The maximum atomic E-state index is 12.2. The fourth-order valence-corrected chi connectivity index (χ4v) is 3.10. The number of amides is 1. The van der Waals surface area contributed by atoms with E-state index in [1.807, 2.05) is 12.1 Å². The highest BCUT2D eigenvalue weighted by Gasteiger charge is 2.16. The Morgan fingerprint density at radius 2 is 2.04 bits per heavy atom. The van der Waals surface area contributed by atoms with Crippen molar-refractivity contribution in [1.29, 1.82) is 0 Å². The van der Waals surface area contributed by atoms with Gasteiger partial charge in [-0.1, -0.05) is 19.1 Å². The predicted molar refractivity (Wildman–Crippen MR) is 94.5 cm³/mol. The Morgan fingerprint density at radius 1 is 1.29 bits per heavy atom. The van der Waals surface area contributed by atoms with Crippen LogP contribution < -0.4 is 11.1 Å². The molecule has 126 valence electrons. The third-order valence-electron chi connectivity index (χ3n) is 4.30. The van der Waals surface area contributed by atoms with E-state index in [-0.39, 0.29) is 17.4 Å². The van der Waals surface area contributed by atoms with Gasteiger partial charge in [0.05, 0.1) is 0 Å². The van der Waals surface area contributed by atoms with Crippen LogP contribution in [0.4, 0.5) is 11.5 Å². The monoisotopic (exact) mass is 325 g/mol. The summed E-state index contributed by atoms with van der Waals surface area (Å²) in [6.45, 7) is 5.58. The molecular formula is C18H23N5O. The minimum Gasteiger partial charge on any atom is -0.382 e. The van der Waals surface area contributed by atoms with Crippen molar-refractivity contribution in [2.75, 3.05) is 24.1 Å². The first-order valence-corrected chi connectivity index (χ1v) is 8.31. The summed E-state index contributed by atoms with van der Waals surface area (Å²) in [4.78, 5) is 22.5. The van der Waals surface area contributed by atoms with Gasteiger partial charge in [0.1, 0.15) is 0 Å². The van der Waals surface area contributed by atoms with E-state index in [2.05, 4.69) is 39.2 Å². The second-order valence-corrected chi connectivity index (χ2v) is 6.42. The van der Waals surface area contributed by atoms with E-state index in [0.29, 0.717) is 0 Å². The lowest BCUT2D eigenvalue weighted by Crippen LogP contribution is -2.33. The molecule has 1 saturated heterocycles. The summed E-state index contributed by atoms with van der Waals surface area (Å²) in [6.07, 6.45) is 5.51. The van der Waals surface area contributed by atoms with E-state index >= 15 is 0 Å². The molecule has 0 bridgehead atoms. The highest BCUT2D eigenvalue weighted by atomic mass is 16.1. The second-order valence-electron chi connectivity index (χ2n) is 6.42. The molecule has 2 aromatic rings. The third kappa shape index (κ3) is 4.08. The van der Waals surface area contributed by atoms with Crippen LogP contribution in [0.3, 0.4) is 0 Å². The number of anilines is 2. The molecule has 24 heavy (non-hydrogen) atoms. The van der Waals surface area contributed by atoms with Gasteiger partial charge in [0.2, 0.25) is 0 Å². The van der Waals surface area contributed by atoms with Crippen LogP contribution in [-0.4, -0.2) is 33.9 Å². The van der Waals surface area contributed by atoms with Gasteiger partial charge in [0, 0.05) is 31.2 Å². The number of piperidine rings is 1. The summed E-state index contributed by atoms with van der Waals surface area (Å²) >= 11 is 0. The highest BCUT2D eigenvalue weighted by Crippen LogP contribution is 2.19. The van der Waals surface area contributed by atoms with Crippen LogP contribution in [-0.2, 0) is 6.54 Å². The number of hydrogen-bond acceptors (Lipinski definition) is 5. The standard InChI is InChI=1S/C18H23N5O/c1-13-3-2-10-23(11-13)12-14-4-6-15(7-5-14)22-18(24)16-17(19)21-9-8-20-16/h4-9,13H,2-3,10-12H2,1H3,(H2,19,21)(H,22,24)/t13-/m1/s1. The topological polar surface area (TPSA) is 84.1 Å². The number of rotatable bonds is 4. The van der Waals surface area contributed by atoms with E-state index in [1.165, 1.54) is 30.8 Å². The Labute approximate surface area is 142 Å². The summed E-state index contributed by atoms with van der Waals surface area (Å²) in [6, 6.07) is 7.92. The molecule has 1 fully saturated rings. The van der Waals surface area contributed by atoms with Crippen LogP contribution in [0.15, 0.2) is 36.7 Å². The first-order chi connectivity index (χ1) is 11.6. The number of nitrogen functional groups attached to an aromatic ring is 1. The predicted octanol–water partition coefficient (Wildman–Crippen LogP) is 2.54. The Bertz CT molecular complexity index is 701. The molecule has 0 saturated carbocycles. The van der Waals surface area contributed by atoms with Crippen LogP contribution in [0.1, 0.15) is 35.8 Å². The summed E-state index contributed by atoms with van der Waals surface area (Å²) in [5, 5.41) is 2.80. The molecule has 3 N–H and O–H groups in total. The van der Waals surface area contributed by atoms with Gasteiger partial charge < -0.3 is 11.1 Å². The number of carbonyl (C=O) groups is 1. The Morgan fingerprint density at radius 3 is 2.75 bits per heavy atom. The molecule has 0 spiro atoms. The quantitative estimate of drug-likeness (QED) is 0.902. The third-order valence-corrected chi connectivity index (χ3v) is 4.30. The van der Waals surface area contributed by atoms with Crippen molar-refractivity contribution in [2.45, 2.75) is 26.3 Å². The van der Waals surface area contributed by atoms with Crippen LogP contribution in [0.5, 0.6) is 0 Å². The van der Waals surface area contributed by atoms with Gasteiger partial charge >= 0.3 is 0 Å². The zero-order valence-corrected chi connectivity index (χ0v) is 13.9. The minimum absolute atomic E-state index is 0.130. The highest BCUT2D eigenvalue weighted by molar-refractivity contribution is 6.05. The first-order valence-electron chi connectivity index (χ1n) is 8.31. The van der Waals surface area contributed by atoms with Crippen LogP contribution in [0, 0.1) is 5.92 Å². The lowest BCUT2D eigenvalue weighted by molar-refractivity contribution is 0.102. The molecule has 6 nitrogen and oxygen atoms in total. The maximum Gasteiger partial charge on any atom is 0.278 e. The average Bonchev–Trinajstić information content (AvgIpc) is 2.57. The minimum atomic E-state index is -0.349. The lowest BCUT2D eigenvalue weighted by atomic mass is 10.00. The van der Waals surface area contributed by atoms with Gasteiger partial charge in [-0.3, -0.25) is 9.69 Å². The van der Waals surface area contributed by atoms with Gasteiger partial charge in [-0.15, -0.1) is 0 Å². The molecule has 0 unspecified atom stereocenters. The molecule has 1 aliphatic rings. The number of likely N-dealkylation sites (tertiary alicyclic amines) is 1. The van der Waals surface area contributed by atoms with Crippen LogP contribution in [0.25, 0.3) is 0 Å². The number of nitrogens with zero attached hydrogens (tertiary/aromatic N) is 3. The molecule has 2 heterocycles. The number of nitrogens with two attached hydrogens (primary N) is 1. The van der Waals surface area contributed by atoms with E-state index < -0.39 is 0 Å². The number of hydrogen-bond donors (Lipinski definition) is 2. The molecule has 3 rings (SSSR count). The molecule has 1 atom stereocenters. The number of carbonyl (C=O) groups excluding carboxylic acids is 1. The fourth-order valence-electron chi connectivity index (χ4n) is 3.10. The van der Waals surface area contributed by atoms with Crippen LogP contribution >= 0.6 is 0 Å². The Hall–Kier alpha value is -2.47. The molecule has 1 amide bonds. The maximum absolute atomic E-state index is 12.2. The molecular weight excluding hydrogens is 302 g/mol. The number of nitrogens with one attached hydrogen (secondary N) is 1. The van der Waals surface area contributed by atoms with E-state index in [0.717, 1.165) is 31.2 Å². The summed E-state index contributed by atoms with van der Waals surface area (Å²) in [5.74, 6) is 0.554. The Kier molecular flexibility index (Phi) is 5.05. The lowest BCUT2D eigenvalue weighted by Gasteiger charge is -2.30. The normalized spacial score (nSPS) is 18.3. The van der Waals surface area contributed by atoms with Crippen LogP contribution in [0.2, 0.25) is 0 Å². The Balaban J connectivity index is 1.60. The zero-order valence-electron chi connectivity index (χ0n) is 13.9. The van der Waals surface area contributed by atoms with Crippen molar-refractivity contribution >= 4 is 17.4 Å². The van der Waals surface area contributed by atoms with E-state index in [1.54, 1.807) is 0 Å². The van der Waals surface area contributed by atoms with E-state index in [4.69, 9.17) is 5.73 Å². The molecule has 1 aromatic heterocycles. The summed E-state index contributed by atoms with van der Waals surface area (Å²) in [5.41, 5.74) is 7.79. The van der Waals surface area contributed by atoms with Crippen molar-refractivity contribution in [3.05, 3.63) is 47.9 Å². The van der Waals surface area contributed by atoms with Crippen molar-refractivity contribution in [1.82, 2.24) is 14.9 Å². The number of benzene rings is 1. The largest absolute Gasteiger partial charge is 0.382 e. The molecule has 1 aliphatic heterocycles.